The van der Waals surface area contributed by atoms with Crippen molar-refractivity contribution in [2.75, 3.05) is 46.6 Å². The summed E-state index contributed by atoms with van der Waals surface area (Å²) >= 11 is 0. The summed E-state index contributed by atoms with van der Waals surface area (Å²) in [6.45, 7) is 4.89. The number of aliphatic imine (C=N–C) groups is 1. The van der Waals surface area contributed by atoms with Crippen LogP contribution in [-0.2, 0) is 14.2 Å². The Morgan fingerprint density at radius 3 is 2.66 bits per heavy atom. The van der Waals surface area contributed by atoms with E-state index in [9.17, 15) is 0 Å². The molecule has 0 aromatic heterocycles. The van der Waals surface area contributed by atoms with Crippen molar-refractivity contribution in [3.05, 3.63) is 35.9 Å². The minimum Gasteiger partial charge on any atom is -0.379 e. The monoisotopic (exact) mass is 517 g/mol. The minimum atomic E-state index is 0. The van der Waals surface area contributed by atoms with Crippen LogP contribution in [0, 0.1) is 5.92 Å². The quantitative estimate of drug-likeness (QED) is 0.227. The third-order valence-corrected chi connectivity index (χ3v) is 5.41. The Hall–Kier alpha value is -0.900. The zero-order chi connectivity index (χ0) is 19.4. The molecule has 29 heavy (non-hydrogen) atoms. The highest BCUT2D eigenvalue weighted by Crippen LogP contribution is 2.32. The highest BCUT2D eigenvalue weighted by molar-refractivity contribution is 14.0. The topological polar surface area (TPSA) is 64.1 Å². The number of nitrogens with one attached hydrogen (secondary N) is 2. The van der Waals surface area contributed by atoms with Crippen LogP contribution in [0.5, 0.6) is 0 Å². The van der Waals surface area contributed by atoms with Gasteiger partial charge >= 0.3 is 0 Å². The lowest BCUT2D eigenvalue weighted by molar-refractivity contribution is -0.0265. The smallest absolute Gasteiger partial charge is 0.190 e. The van der Waals surface area contributed by atoms with Crippen LogP contribution in [0.25, 0.3) is 0 Å². The Bertz CT molecular complexity index is 582. The number of guanidine groups is 1. The molecule has 0 saturated carbocycles. The van der Waals surface area contributed by atoms with Gasteiger partial charge in [-0.2, -0.15) is 0 Å². The molecular weight excluding hydrogens is 481 g/mol. The fourth-order valence-corrected chi connectivity index (χ4v) is 3.88. The second-order valence-corrected chi connectivity index (χ2v) is 7.55. The second-order valence-electron chi connectivity index (χ2n) is 7.55. The number of nitrogens with zero attached hydrogens (tertiary/aromatic N) is 1. The fraction of sp³-hybridized carbons (Fsp3) is 0.682. The first-order valence-corrected chi connectivity index (χ1v) is 10.7. The van der Waals surface area contributed by atoms with Gasteiger partial charge in [-0.1, -0.05) is 30.3 Å². The Kier molecular flexibility index (Phi) is 11.9. The molecular formula is C22H36IN3O3. The van der Waals surface area contributed by atoms with Gasteiger partial charge in [-0.25, -0.2) is 0 Å². The van der Waals surface area contributed by atoms with E-state index in [-0.39, 0.29) is 30.1 Å². The van der Waals surface area contributed by atoms with Gasteiger partial charge in [-0.3, -0.25) is 4.99 Å². The average molecular weight is 517 g/mol. The normalized spacial score (nSPS) is 24.7. The first-order chi connectivity index (χ1) is 13.9. The van der Waals surface area contributed by atoms with E-state index in [1.807, 2.05) is 7.05 Å². The zero-order valence-corrected chi connectivity index (χ0v) is 19.8. The van der Waals surface area contributed by atoms with Crippen molar-refractivity contribution < 1.29 is 14.2 Å². The number of rotatable bonds is 9. The van der Waals surface area contributed by atoms with Gasteiger partial charge in [0.25, 0.3) is 0 Å². The molecule has 3 rings (SSSR count). The number of ether oxygens (including phenoxy) is 3. The largest absolute Gasteiger partial charge is 0.379 e. The van der Waals surface area contributed by atoms with Gasteiger partial charge in [0.1, 0.15) is 0 Å². The molecule has 164 valence electrons. The molecule has 6 nitrogen and oxygen atoms in total. The van der Waals surface area contributed by atoms with Gasteiger partial charge in [0.15, 0.2) is 5.96 Å². The highest BCUT2D eigenvalue weighted by atomic mass is 127. The van der Waals surface area contributed by atoms with E-state index in [1.165, 1.54) is 12.0 Å². The standard InChI is InChI=1S/C22H35N3O3.HI/c1-23-22(24-12-7-13-26-17-20-11-6-14-27-20)25-16-19-10-5-15-28-21(19)18-8-3-2-4-9-18;/h2-4,8-9,19-21H,5-7,10-17H2,1H3,(H2,23,24,25);1H. The SMILES string of the molecule is CN=C(NCCCOCC1CCCO1)NCC1CCCOC1c1ccccc1.I. The summed E-state index contributed by atoms with van der Waals surface area (Å²) in [6.07, 6.45) is 5.99. The number of hydrogen-bond acceptors (Lipinski definition) is 4. The molecule has 0 aliphatic carbocycles. The van der Waals surface area contributed by atoms with Gasteiger partial charge in [-0.05, 0) is 37.7 Å². The van der Waals surface area contributed by atoms with Gasteiger partial charge in [0, 0.05) is 45.9 Å². The van der Waals surface area contributed by atoms with Crippen molar-refractivity contribution in [2.24, 2.45) is 10.9 Å². The molecule has 0 amide bonds. The third kappa shape index (κ3) is 8.39. The predicted molar refractivity (Wildman–Crippen MR) is 127 cm³/mol. The lowest BCUT2D eigenvalue weighted by atomic mass is 9.89. The summed E-state index contributed by atoms with van der Waals surface area (Å²) in [5.41, 5.74) is 1.26. The summed E-state index contributed by atoms with van der Waals surface area (Å²) < 4.78 is 17.4. The van der Waals surface area contributed by atoms with Crippen molar-refractivity contribution in [3.8, 4) is 0 Å². The maximum Gasteiger partial charge on any atom is 0.190 e. The van der Waals surface area contributed by atoms with Crippen molar-refractivity contribution >= 4 is 29.9 Å². The van der Waals surface area contributed by atoms with Crippen LogP contribution in [-0.4, -0.2) is 58.6 Å². The Balaban J connectivity index is 0.00000300. The van der Waals surface area contributed by atoms with Gasteiger partial charge in [0.2, 0.25) is 0 Å². The summed E-state index contributed by atoms with van der Waals surface area (Å²) in [6, 6.07) is 10.5. The molecule has 3 unspecified atom stereocenters. The maximum atomic E-state index is 6.08. The van der Waals surface area contributed by atoms with Crippen molar-refractivity contribution in [1.29, 1.82) is 0 Å². The van der Waals surface area contributed by atoms with E-state index in [4.69, 9.17) is 14.2 Å². The van der Waals surface area contributed by atoms with E-state index in [2.05, 4.69) is 46.0 Å². The first kappa shape index (κ1) is 24.4. The summed E-state index contributed by atoms with van der Waals surface area (Å²) in [5.74, 6) is 1.29. The van der Waals surface area contributed by atoms with Gasteiger partial charge < -0.3 is 24.8 Å². The zero-order valence-electron chi connectivity index (χ0n) is 17.5. The molecule has 3 atom stereocenters. The Labute approximate surface area is 192 Å². The Morgan fingerprint density at radius 2 is 1.90 bits per heavy atom. The molecule has 1 aromatic carbocycles. The maximum absolute atomic E-state index is 6.08. The number of benzene rings is 1. The molecule has 0 radical (unpaired) electrons. The van der Waals surface area contributed by atoms with E-state index in [1.54, 1.807) is 0 Å². The van der Waals surface area contributed by atoms with Crippen LogP contribution in [0.4, 0.5) is 0 Å². The summed E-state index contributed by atoms with van der Waals surface area (Å²) in [5, 5.41) is 6.85. The molecule has 2 saturated heterocycles. The lowest BCUT2D eigenvalue weighted by Gasteiger charge is -2.32. The van der Waals surface area contributed by atoms with Crippen LogP contribution in [0.15, 0.2) is 35.3 Å². The molecule has 0 bridgehead atoms. The fourth-order valence-electron chi connectivity index (χ4n) is 3.88. The predicted octanol–water partition coefficient (Wildman–Crippen LogP) is 3.52. The summed E-state index contributed by atoms with van der Waals surface area (Å²) in [7, 11) is 1.81. The van der Waals surface area contributed by atoms with Crippen molar-refractivity contribution in [1.82, 2.24) is 10.6 Å². The molecule has 2 fully saturated rings. The van der Waals surface area contributed by atoms with E-state index >= 15 is 0 Å². The first-order valence-electron chi connectivity index (χ1n) is 10.7. The van der Waals surface area contributed by atoms with E-state index in [0.717, 1.165) is 71.2 Å². The highest BCUT2D eigenvalue weighted by Gasteiger charge is 2.27. The van der Waals surface area contributed by atoms with Crippen molar-refractivity contribution in [3.63, 3.8) is 0 Å². The molecule has 0 spiro atoms. The van der Waals surface area contributed by atoms with Gasteiger partial charge in [0.05, 0.1) is 18.8 Å². The molecule has 7 heteroatoms. The van der Waals surface area contributed by atoms with Crippen LogP contribution in [0.2, 0.25) is 0 Å². The third-order valence-electron chi connectivity index (χ3n) is 5.41. The van der Waals surface area contributed by atoms with Crippen molar-refractivity contribution in [2.45, 2.75) is 44.3 Å². The van der Waals surface area contributed by atoms with Crippen LogP contribution in [0.1, 0.15) is 43.8 Å². The minimum absolute atomic E-state index is 0. The molecule has 2 aliphatic rings. The molecule has 1 aromatic rings. The number of halogens is 1. The van der Waals surface area contributed by atoms with E-state index in [0.29, 0.717) is 12.0 Å². The molecule has 2 heterocycles. The van der Waals surface area contributed by atoms with Crippen LogP contribution >= 0.6 is 24.0 Å². The Morgan fingerprint density at radius 1 is 1.10 bits per heavy atom. The van der Waals surface area contributed by atoms with E-state index < -0.39 is 0 Å². The van der Waals surface area contributed by atoms with Crippen LogP contribution < -0.4 is 10.6 Å². The average Bonchev–Trinajstić information content (AvgIpc) is 3.27. The lowest BCUT2D eigenvalue weighted by Crippen LogP contribution is -2.42. The van der Waals surface area contributed by atoms with Gasteiger partial charge in [-0.15, -0.1) is 24.0 Å². The van der Waals surface area contributed by atoms with Crippen LogP contribution in [0.3, 0.4) is 0 Å². The second kappa shape index (κ2) is 14.2. The number of hydrogen-bond donors (Lipinski definition) is 2. The summed E-state index contributed by atoms with van der Waals surface area (Å²) in [4.78, 5) is 4.34. The molecule has 2 N–H and O–H groups in total. The molecule has 2 aliphatic heterocycles.